The fourth-order valence-electron chi connectivity index (χ4n) is 8.47. The van der Waals surface area contributed by atoms with Crippen molar-refractivity contribution in [2.75, 3.05) is 13.2 Å². The summed E-state index contributed by atoms with van der Waals surface area (Å²) in [5.41, 5.74) is 5.77. The van der Waals surface area contributed by atoms with Crippen LogP contribution in [-0.4, -0.2) is 25.2 Å². The first-order valence-corrected chi connectivity index (χ1v) is 24.8. The summed E-state index contributed by atoms with van der Waals surface area (Å²) in [6.07, 6.45) is 32.4. The Kier molecular flexibility index (Phi) is 23.7. The van der Waals surface area contributed by atoms with Gasteiger partial charge in [0.15, 0.2) is 37.9 Å². The predicted octanol–water partition coefficient (Wildman–Crippen LogP) is 13.0. The van der Waals surface area contributed by atoms with E-state index in [1.165, 1.54) is 101 Å². The maximum absolute atomic E-state index is 14.7. The molecule has 3 heterocycles. The molecular formula is C55H83N3O4+2. The minimum Gasteiger partial charge on any atom is -0.462 e. The Morgan fingerprint density at radius 2 is 0.839 bits per heavy atom. The molecule has 0 unspecified atom stereocenters. The second kappa shape index (κ2) is 29.2. The summed E-state index contributed by atoms with van der Waals surface area (Å²) in [7, 11) is 0. The van der Waals surface area contributed by atoms with Crippen LogP contribution in [0.5, 0.6) is 0 Å². The first-order valence-electron chi connectivity index (χ1n) is 24.8. The van der Waals surface area contributed by atoms with Crippen LogP contribution in [0.4, 0.5) is 0 Å². The maximum atomic E-state index is 14.7. The van der Waals surface area contributed by atoms with Gasteiger partial charge in [-0.15, -0.1) is 0 Å². The van der Waals surface area contributed by atoms with E-state index in [4.69, 9.17) is 9.47 Å². The minimum atomic E-state index is -0.672. The number of allylic oxidation sites excluding steroid dienone is 2. The van der Waals surface area contributed by atoms with Gasteiger partial charge in [0.25, 0.3) is 0 Å². The minimum absolute atomic E-state index is 0.344. The molecule has 1 N–H and O–H groups in total. The van der Waals surface area contributed by atoms with Gasteiger partial charge in [0.05, 0.1) is 41.7 Å². The number of benzene rings is 1. The largest absolute Gasteiger partial charge is 0.462 e. The molecule has 0 bridgehead atoms. The molecule has 0 atom stereocenters. The van der Waals surface area contributed by atoms with Gasteiger partial charge in [0.2, 0.25) is 0 Å². The van der Waals surface area contributed by atoms with E-state index in [0.717, 1.165) is 55.5 Å². The van der Waals surface area contributed by atoms with Crippen LogP contribution in [0.3, 0.4) is 0 Å². The monoisotopic (exact) mass is 850 g/mol. The topological polar surface area (TPSA) is 72.4 Å². The summed E-state index contributed by atoms with van der Waals surface area (Å²) in [6, 6.07) is 18.6. The van der Waals surface area contributed by atoms with Gasteiger partial charge in [0, 0.05) is 24.3 Å². The van der Waals surface area contributed by atoms with E-state index in [-0.39, 0.29) is 11.9 Å². The van der Waals surface area contributed by atoms with Gasteiger partial charge >= 0.3 is 11.9 Å². The average molecular weight is 850 g/mol. The SMILES string of the molecule is CCCCCCCCCCCCOC(=O)C1=C(C[n+]2ccc(C(C)C)cc2)NC(C[n+]2ccc(C(C)C)cc2)=C(C(=O)OCCCCCCCCCCCC)C1c1ccccc1. The summed E-state index contributed by atoms with van der Waals surface area (Å²) in [4.78, 5) is 29.3. The summed E-state index contributed by atoms with van der Waals surface area (Å²) in [5.74, 6) is -0.640. The van der Waals surface area contributed by atoms with Crippen LogP contribution in [0, 0.1) is 0 Å². The normalized spacial score (nSPS) is 13.3. The molecule has 0 fully saturated rings. The van der Waals surface area contributed by atoms with Crippen molar-refractivity contribution in [2.45, 2.75) is 201 Å². The summed E-state index contributed by atoms with van der Waals surface area (Å²) >= 11 is 0. The van der Waals surface area contributed by atoms with Crippen LogP contribution in [0.1, 0.15) is 204 Å². The number of hydrogen-bond acceptors (Lipinski definition) is 5. The Morgan fingerprint density at radius 1 is 0.500 bits per heavy atom. The average Bonchev–Trinajstić information content (AvgIpc) is 3.27. The van der Waals surface area contributed by atoms with Crippen molar-refractivity contribution in [3.8, 4) is 0 Å². The fraction of sp³-hybridized carbons (Fsp3) is 0.600. The molecule has 1 aliphatic heterocycles. The molecule has 62 heavy (non-hydrogen) atoms. The molecule has 0 aliphatic carbocycles. The third-order valence-corrected chi connectivity index (χ3v) is 12.4. The third kappa shape index (κ3) is 17.5. The van der Waals surface area contributed by atoms with Gasteiger partial charge in [-0.2, -0.15) is 9.13 Å². The van der Waals surface area contributed by atoms with E-state index in [1.54, 1.807) is 0 Å². The standard InChI is InChI=1S/C55H82N3O4/c1-7-9-11-13-15-17-19-21-23-28-40-61-54(59)52-49(42-57-36-32-46(33-37-57)44(3)4)56-50(43-58-38-34-47(35-39-58)45(5)6)53(51(52)48-30-26-25-27-31-48)55(60)62-41-29-24-22-20-18-16-14-12-10-8-2/h25-27,30-39,44-45,51H,7-24,28-29,40-43H2,1-6H3/q+1/p+1. The molecular weight excluding hydrogens is 767 g/mol. The van der Waals surface area contributed by atoms with E-state index < -0.39 is 5.92 Å². The second-order valence-electron chi connectivity index (χ2n) is 18.3. The van der Waals surface area contributed by atoms with Gasteiger partial charge in [-0.3, -0.25) is 0 Å². The molecule has 3 aromatic rings. The number of unbranched alkanes of at least 4 members (excludes halogenated alkanes) is 18. The van der Waals surface area contributed by atoms with Gasteiger partial charge in [0.1, 0.15) is 0 Å². The molecule has 7 heteroatoms. The highest BCUT2D eigenvalue weighted by atomic mass is 16.5. The third-order valence-electron chi connectivity index (χ3n) is 12.4. The number of rotatable bonds is 31. The van der Waals surface area contributed by atoms with Gasteiger partial charge in [-0.05, 0) is 41.4 Å². The molecule has 0 radical (unpaired) electrons. The second-order valence-corrected chi connectivity index (χ2v) is 18.3. The van der Waals surface area contributed by atoms with E-state index >= 15 is 0 Å². The van der Waals surface area contributed by atoms with Crippen LogP contribution >= 0.6 is 0 Å². The molecule has 1 aromatic carbocycles. The molecule has 1 aliphatic rings. The molecule has 0 saturated carbocycles. The number of pyridine rings is 2. The van der Waals surface area contributed by atoms with Crippen molar-refractivity contribution in [1.82, 2.24) is 5.32 Å². The lowest BCUT2D eigenvalue weighted by Crippen LogP contribution is -2.45. The highest BCUT2D eigenvalue weighted by molar-refractivity contribution is 6.00. The lowest BCUT2D eigenvalue weighted by atomic mass is 9.80. The van der Waals surface area contributed by atoms with Crippen molar-refractivity contribution in [2.24, 2.45) is 0 Å². The number of aromatic nitrogens is 2. The molecule has 0 amide bonds. The molecule has 2 aromatic heterocycles. The van der Waals surface area contributed by atoms with Gasteiger partial charge in [-0.1, -0.05) is 187 Å². The predicted molar refractivity (Wildman–Crippen MR) is 253 cm³/mol. The Balaban J connectivity index is 1.62. The van der Waals surface area contributed by atoms with Crippen molar-refractivity contribution < 1.29 is 28.2 Å². The van der Waals surface area contributed by atoms with Crippen LogP contribution in [0.15, 0.2) is 102 Å². The number of nitrogens with zero attached hydrogens (tertiary/aromatic N) is 2. The lowest BCUT2D eigenvalue weighted by molar-refractivity contribution is -0.692. The van der Waals surface area contributed by atoms with E-state index in [9.17, 15) is 9.59 Å². The van der Waals surface area contributed by atoms with Gasteiger partial charge < -0.3 is 14.8 Å². The number of carbonyl (C=O) groups is 2. The zero-order chi connectivity index (χ0) is 44.4. The Hall–Kier alpha value is -4.26. The first-order chi connectivity index (χ1) is 30.2. The van der Waals surface area contributed by atoms with Gasteiger partial charge in [-0.25, -0.2) is 9.59 Å². The van der Waals surface area contributed by atoms with Crippen molar-refractivity contribution >= 4 is 11.9 Å². The van der Waals surface area contributed by atoms with E-state index in [0.29, 0.717) is 49.3 Å². The molecule has 4 rings (SSSR count). The first kappa shape index (κ1) is 50.4. The number of nitrogens with one attached hydrogen (secondary N) is 1. The smallest absolute Gasteiger partial charge is 0.337 e. The van der Waals surface area contributed by atoms with E-state index in [2.05, 4.69) is 105 Å². The zero-order valence-electron chi connectivity index (χ0n) is 39.7. The fourth-order valence-corrected chi connectivity index (χ4v) is 8.47. The molecule has 0 saturated heterocycles. The Bertz CT molecular complexity index is 1670. The van der Waals surface area contributed by atoms with E-state index in [1.807, 2.05) is 30.3 Å². The van der Waals surface area contributed by atoms with Crippen molar-refractivity contribution in [3.05, 3.63) is 119 Å². The lowest BCUT2D eigenvalue weighted by Gasteiger charge is -2.31. The molecule has 7 nitrogen and oxygen atoms in total. The highest BCUT2D eigenvalue weighted by Crippen LogP contribution is 2.40. The number of carbonyl (C=O) groups excluding carboxylic acids is 2. The Labute approximate surface area is 376 Å². The molecule has 340 valence electrons. The highest BCUT2D eigenvalue weighted by Gasteiger charge is 2.42. The number of dihydropyridines is 1. The summed E-state index contributed by atoms with van der Waals surface area (Å²) in [5, 5.41) is 3.69. The van der Waals surface area contributed by atoms with Crippen LogP contribution in [-0.2, 0) is 32.2 Å². The summed E-state index contributed by atoms with van der Waals surface area (Å²) in [6.45, 7) is 14.8. The number of ether oxygens (including phenoxy) is 2. The maximum Gasteiger partial charge on any atom is 0.337 e. The van der Waals surface area contributed by atoms with Crippen LogP contribution in [0.2, 0.25) is 0 Å². The van der Waals surface area contributed by atoms with Crippen LogP contribution < -0.4 is 14.5 Å². The quantitative estimate of drug-likeness (QED) is 0.0397. The van der Waals surface area contributed by atoms with Crippen LogP contribution in [0.25, 0.3) is 0 Å². The number of hydrogen-bond donors (Lipinski definition) is 1. The molecule has 0 spiro atoms. The zero-order valence-corrected chi connectivity index (χ0v) is 39.7. The van der Waals surface area contributed by atoms with Crippen molar-refractivity contribution in [1.29, 1.82) is 0 Å². The van der Waals surface area contributed by atoms with Crippen molar-refractivity contribution in [3.63, 3.8) is 0 Å². The number of esters is 2. The Morgan fingerprint density at radius 3 is 1.18 bits per heavy atom. The summed E-state index contributed by atoms with van der Waals surface area (Å²) < 4.78 is 16.6.